The van der Waals surface area contributed by atoms with Gasteiger partial charge < -0.3 is 15.7 Å². The van der Waals surface area contributed by atoms with Gasteiger partial charge in [0.15, 0.2) is 0 Å². The number of nitrogens with one attached hydrogen (secondary N) is 2. The molecule has 0 aliphatic rings. The molecular formula is C14H18N2O4. The fraction of sp³-hybridized carbons (Fsp3) is 0.357. The summed E-state index contributed by atoms with van der Waals surface area (Å²) >= 11 is 0. The second kappa shape index (κ2) is 7.93. The molecule has 0 aliphatic carbocycles. The number of hydrogen-bond acceptors (Lipinski definition) is 3. The van der Waals surface area contributed by atoms with E-state index in [1.54, 1.807) is 12.1 Å². The zero-order valence-corrected chi connectivity index (χ0v) is 11.3. The van der Waals surface area contributed by atoms with E-state index in [2.05, 4.69) is 10.6 Å². The van der Waals surface area contributed by atoms with Gasteiger partial charge in [0.05, 0.1) is 0 Å². The fourth-order valence-electron chi connectivity index (χ4n) is 1.85. The van der Waals surface area contributed by atoms with E-state index >= 15 is 0 Å². The van der Waals surface area contributed by atoms with Crippen LogP contribution >= 0.6 is 0 Å². The molecule has 0 spiro atoms. The van der Waals surface area contributed by atoms with E-state index in [9.17, 15) is 14.4 Å². The van der Waals surface area contributed by atoms with E-state index < -0.39 is 5.97 Å². The first-order chi connectivity index (χ1) is 9.51. The lowest BCUT2D eigenvalue weighted by atomic mass is 10.0. The number of benzene rings is 1. The van der Waals surface area contributed by atoms with Crippen molar-refractivity contribution < 1.29 is 19.5 Å². The van der Waals surface area contributed by atoms with Gasteiger partial charge in [-0.05, 0) is 30.5 Å². The first kappa shape index (κ1) is 15.7. The lowest BCUT2D eigenvalue weighted by molar-refractivity contribution is -0.137. The topological polar surface area (TPSA) is 95.5 Å². The van der Waals surface area contributed by atoms with Crippen LogP contribution in [-0.2, 0) is 20.8 Å². The third-order valence-electron chi connectivity index (χ3n) is 2.77. The molecule has 0 radical (unpaired) electrons. The van der Waals surface area contributed by atoms with Crippen LogP contribution in [0.3, 0.4) is 0 Å². The Morgan fingerprint density at radius 1 is 1.30 bits per heavy atom. The molecule has 0 saturated heterocycles. The summed E-state index contributed by atoms with van der Waals surface area (Å²) in [5, 5.41) is 13.9. The molecule has 20 heavy (non-hydrogen) atoms. The minimum atomic E-state index is -0.885. The van der Waals surface area contributed by atoms with Crippen LogP contribution in [0.2, 0.25) is 0 Å². The molecule has 0 fully saturated rings. The molecule has 108 valence electrons. The molecular weight excluding hydrogens is 260 g/mol. The van der Waals surface area contributed by atoms with Crippen LogP contribution in [0.15, 0.2) is 24.3 Å². The average Bonchev–Trinajstić information content (AvgIpc) is 2.38. The van der Waals surface area contributed by atoms with E-state index in [0.29, 0.717) is 24.9 Å². The quantitative estimate of drug-likeness (QED) is 0.622. The molecule has 1 atom stereocenters. The first-order valence-electron chi connectivity index (χ1n) is 6.29. The molecule has 2 amide bonds. The van der Waals surface area contributed by atoms with Crippen molar-refractivity contribution in [2.45, 2.75) is 32.2 Å². The summed E-state index contributed by atoms with van der Waals surface area (Å²) in [6, 6.07) is 7.00. The highest BCUT2D eigenvalue weighted by Crippen LogP contribution is 2.12. The number of carbonyl (C=O) groups excluding carboxylic acids is 2. The zero-order valence-electron chi connectivity index (χ0n) is 11.3. The van der Waals surface area contributed by atoms with E-state index in [4.69, 9.17) is 5.11 Å². The number of aliphatic carboxylic acids is 1. The molecule has 0 heterocycles. The molecule has 0 aromatic heterocycles. The Labute approximate surface area is 117 Å². The number of carboxylic acids is 1. The minimum absolute atomic E-state index is 0.00941. The lowest BCUT2D eigenvalue weighted by Crippen LogP contribution is -2.30. The van der Waals surface area contributed by atoms with Crippen LogP contribution in [0.4, 0.5) is 5.69 Å². The summed E-state index contributed by atoms with van der Waals surface area (Å²) in [7, 11) is 0. The van der Waals surface area contributed by atoms with Gasteiger partial charge in [0.1, 0.15) is 0 Å². The Balaban J connectivity index is 2.60. The molecule has 1 rings (SSSR count). The zero-order chi connectivity index (χ0) is 15.0. The van der Waals surface area contributed by atoms with Crippen LogP contribution in [-0.4, -0.2) is 29.4 Å². The first-order valence-corrected chi connectivity index (χ1v) is 6.29. The van der Waals surface area contributed by atoms with Crippen LogP contribution in [0, 0.1) is 0 Å². The number of carboxylic acid groups (broad SMARTS) is 1. The fourth-order valence-corrected chi connectivity index (χ4v) is 1.85. The molecule has 6 nitrogen and oxygen atoms in total. The van der Waals surface area contributed by atoms with Crippen molar-refractivity contribution in [1.29, 1.82) is 0 Å². The molecule has 1 unspecified atom stereocenters. The molecule has 1 aromatic rings. The van der Waals surface area contributed by atoms with Crippen molar-refractivity contribution >= 4 is 24.0 Å². The molecule has 0 bridgehead atoms. The van der Waals surface area contributed by atoms with Crippen molar-refractivity contribution in [2.24, 2.45) is 0 Å². The Kier molecular flexibility index (Phi) is 6.22. The standard InChI is InChI=1S/C14H18N2O4/c1-10(18)16-12-4-2-11(3-5-12)8-13(15-9-17)6-7-14(19)20/h2-5,9,13H,6-8H2,1H3,(H,15,17)(H,16,18)(H,19,20). The maximum absolute atomic E-state index is 10.9. The SMILES string of the molecule is CC(=O)Nc1ccc(CC(CCC(=O)O)NC=O)cc1. The lowest BCUT2D eigenvalue weighted by Gasteiger charge is -2.15. The number of rotatable bonds is 8. The maximum Gasteiger partial charge on any atom is 0.303 e. The van der Waals surface area contributed by atoms with Gasteiger partial charge >= 0.3 is 5.97 Å². The highest BCUT2D eigenvalue weighted by Gasteiger charge is 2.11. The van der Waals surface area contributed by atoms with Crippen LogP contribution in [0.1, 0.15) is 25.3 Å². The number of amides is 2. The van der Waals surface area contributed by atoms with E-state index in [1.165, 1.54) is 6.92 Å². The van der Waals surface area contributed by atoms with Gasteiger partial charge in [0.25, 0.3) is 0 Å². The van der Waals surface area contributed by atoms with Gasteiger partial charge in [-0.1, -0.05) is 12.1 Å². The van der Waals surface area contributed by atoms with Gasteiger partial charge in [-0.2, -0.15) is 0 Å². The van der Waals surface area contributed by atoms with Gasteiger partial charge in [-0.15, -0.1) is 0 Å². The third kappa shape index (κ3) is 5.99. The summed E-state index contributed by atoms with van der Waals surface area (Å²) in [6.45, 7) is 1.43. The highest BCUT2D eigenvalue weighted by molar-refractivity contribution is 5.88. The van der Waals surface area contributed by atoms with Crippen molar-refractivity contribution in [1.82, 2.24) is 5.32 Å². The maximum atomic E-state index is 10.9. The second-order valence-corrected chi connectivity index (χ2v) is 4.50. The van der Waals surface area contributed by atoms with Gasteiger partial charge in [-0.25, -0.2) is 0 Å². The monoisotopic (exact) mass is 278 g/mol. The molecule has 3 N–H and O–H groups in total. The molecule has 1 aromatic carbocycles. The van der Waals surface area contributed by atoms with Crippen LogP contribution < -0.4 is 10.6 Å². The van der Waals surface area contributed by atoms with Crippen molar-refractivity contribution in [3.8, 4) is 0 Å². The molecule has 0 saturated carbocycles. The van der Waals surface area contributed by atoms with Gasteiger partial charge in [-0.3, -0.25) is 14.4 Å². The van der Waals surface area contributed by atoms with Crippen molar-refractivity contribution in [3.63, 3.8) is 0 Å². The van der Waals surface area contributed by atoms with Gasteiger partial charge in [0, 0.05) is 25.1 Å². The van der Waals surface area contributed by atoms with E-state index in [-0.39, 0.29) is 18.4 Å². The minimum Gasteiger partial charge on any atom is -0.481 e. The number of hydrogen-bond donors (Lipinski definition) is 3. The smallest absolute Gasteiger partial charge is 0.303 e. The summed E-state index contributed by atoms with van der Waals surface area (Å²) in [6.07, 6.45) is 1.52. The van der Waals surface area contributed by atoms with E-state index in [1.807, 2.05) is 12.1 Å². The molecule has 6 heteroatoms. The van der Waals surface area contributed by atoms with Gasteiger partial charge in [0.2, 0.25) is 12.3 Å². The average molecular weight is 278 g/mol. The largest absolute Gasteiger partial charge is 0.481 e. The Bertz CT molecular complexity index is 471. The summed E-state index contributed by atoms with van der Waals surface area (Å²) in [4.78, 5) is 32.0. The van der Waals surface area contributed by atoms with Crippen molar-refractivity contribution in [3.05, 3.63) is 29.8 Å². The highest BCUT2D eigenvalue weighted by atomic mass is 16.4. The molecule has 0 aliphatic heterocycles. The summed E-state index contributed by atoms with van der Waals surface area (Å²) in [5.74, 6) is -1.02. The Morgan fingerprint density at radius 2 is 1.95 bits per heavy atom. The Hall–Kier alpha value is -2.37. The number of anilines is 1. The predicted octanol–water partition coefficient (Wildman–Crippen LogP) is 1.17. The predicted molar refractivity (Wildman–Crippen MR) is 74.3 cm³/mol. The second-order valence-electron chi connectivity index (χ2n) is 4.50. The Morgan fingerprint density at radius 3 is 2.45 bits per heavy atom. The van der Waals surface area contributed by atoms with Crippen molar-refractivity contribution in [2.75, 3.05) is 5.32 Å². The van der Waals surface area contributed by atoms with E-state index in [0.717, 1.165) is 5.56 Å². The van der Waals surface area contributed by atoms with Crippen LogP contribution in [0.25, 0.3) is 0 Å². The van der Waals surface area contributed by atoms with Crippen LogP contribution in [0.5, 0.6) is 0 Å². The third-order valence-corrected chi connectivity index (χ3v) is 2.77. The normalized spacial score (nSPS) is 11.4. The summed E-state index contributed by atoms with van der Waals surface area (Å²) < 4.78 is 0. The number of carbonyl (C=O) groups is 3. The summed E-state index contributed by atoms with van der Waals surface area (Å²) in [5.41, 5.74) is 1.66.